The third-order valence-electron chi connectivity index (χ3n) is 1.20. The maximum atomic E-state index is 11.1. The minimum Gasteiger partial charge on any atom is -0.381 e. The number of alkyl halides is 3. The monoisotopic (exact) mass is 266 g/mol. The third kappa shape index (κ3) is 3.76. The molecule has 0 amide bonds. The van der Waals surface area contributed by atoms with E-state index in [2.05, 4.69) is 18.9 Å². The first-order valence-corrected chi connectivity index (χ1v) is 4.40. The number of halogens is 3. The summed E-state index contributed by atoms with van der Waals surface area (Å²) >= 11 is 15.8. The minimum atomic E-state index is -2.22. The second-order valence-electron chi connectivity index (χ2n) is 2.00. The zero-order valence-electron chi connectivity index (χ0n) is 7.68. The van der Waals surface area contributed by atoms with Crippen molar-refractivity contribution in [3.8, 4) is 0 Å². The number of methoxy groups -OCH3 is 3. The molecule has 0 N–H and O–H groups in total. The van der Waals surface area contributed by atoms with Crippen molar-refractivity contribution < 1.29 is 23.7 Å². The van der Waals surface area contributed by atoms with Gasteiger partial charge in [0.15, 0.2) is 0 Å². The molecule has 0 unspecified atom stereocenters. The summed E-state index contributed by atoms with van der Waals surface area (Å²) in [4.78, 5) is 11.1. The Morgan fingerprint density at radius 1 is 1.00 bits per heavy atom. The molecule has 0 aliphatic rings. The molecule has 0 saturated heterocycles. The lowest BCUT2D eigenvalue weighted by Crippen LogP contribution is -2.43. The van der Waals surface area contributed by atoms with Crippen LogP contribution >= 0.6 is 34.8 Å². The number of rotatable bonds is 4. The molecule has 84 valence electrons. The fraction of sp³-hybridized carbons (Fsp3) is 0.833. The van der Waals surface area contributed by atoms with Crippen LogP contribution in [0.2, 0.25) is 0 Å². The Morgan fingerprint density at radius 3 is 1.57 bits per heavy atom. The summed E-state index contributed by atoms with van der Waals surface area (Å²) in [5.41, 5.74) is 0. The van der Waals surface area contributed by atoms with Crippen molar-refractivity contribution in [3.63, 3.8) is 0 Å². The van der Waals surface area contributed by atoms with Crippen LogP contribution in [0.4, 0.5) is 0 Å². The number of ether oxygens (including phenoxy) is 4. The van der Waals surface area contributed by atoms with Crippen LogP contribution in [0.1, 0.15) is 0 Å². The number of esters is 1. The fourth-order valence-electron chi connectivity index (χ4n) is 0.546. The van der Waals surface area contributed by atoms with Gasteiger partial charge in [-0.3, -0.25) is 14.2 Å². The standard InChI is InChI=1S/C6H9Cl3O5/c1-11-6(12-2,13-3)14-4(10)5(7,8)9/h1-3H3. The predicted molar refractivity (Wildman–Crippen MR) is 50.1 cm³/mol. The van der Waals surface area contributed by atoms with Crippen molar-refractivity contribution in [1.82, 2.24) is 0 Å². The first-order valence-electron chi connectivity index (χ1n) is 3.27. The minimum absolute atomic E-state index is 1.17. The van der Waals surface area contributed by atoms with Crippen LogP contribution in [-0.4, -0.2) is 37.3 Å². The maximum absolute atomic E-state index is 11.1. The molecule has 0 heterocycles. The fourth-order valence-corrected chi connectivity index (χ4v) is 0.662. The molecule has 14 heavy (non-hydrogen) atoms. The Balaban J connectivity index is 4.54. The molecule has 0 radical (unpaired) electrons. The average Bonchev–Trinajstić information content (AvgIpc) is 2.12. The second kappa shape index (κ2) is 5.34. The topological polar surface area (TPSA) is 54.0 Å². The summed E-state index contributed by atoms with van der Waals surface area (Å²) in [5.74, 6) is -1.17. The summed E-state index contributed by atoms with van der Waals surface area (Å²) in [7, 11) is 3.58. The van der Waals surface area contributed by atoms with E-state index in [9.17, 15) is 4.79 Å². The van der Waals surface area contributed by atoms with Gasteiger partial charge < -0.3 is 4.74 Å². The van der Waals surface area contributed by atoms with E-state index in [-0.39, 0.29) is 0 Å². The van der Waals surface area contributed by atoms with E-state index in [0.29, 0.717) is 0 Å². The molecule has 0 aliphatic carbocycles. The zero-order valence-corrected chi connectivity index (χ0v) is 9.94. The van der Waals surface area contributed by atoms with E-state index in [1.807, 2.05) is 0 Å². The molecule has 0 atom stereocenters. The van der Waals surface area contributed by atoms with Crippen molar-refractivity contribution in [2.75, 3.05) is 21.3 Å². The summed E-state index contributed by atoms with van der Waals surface area (Å²) in [6, 6.07) is 0. The number of carbonyl (C=O) groups excluding carboxylic acids is 1. The number of hydrogen-bond donors (Lipinski definition) is 0. The van der Waals surface area contributed by atoms with Gasteiger partial charge in [-0.1, -0.05) is 34.8 Å². The molecule has 0 fully saturated rings. The Kier molecular flexibility index (Phi) is 5.43. The first kappa shape index (κ1) is 14.2. The van der Waals surface area contributed by atoms with E-state index in [1.165, 1.54) is 21.3 Å². The number of carbonyl (C=O) groups is 1. The summed E-state index contributed by atoms with van der Waals surface area (Å²) in [5, 5.41) is 0. The van der Waals surface area contributed by atoms with Crippen molar-refractivity contribution in [2.24, 2.45) is 0 Å². The van der Waals surface area contributed by atoms with Gasteiger partial charge in [0.25, 0.3) is 3.79 Å². The lowest BCUT2D eigenvalue weighted by Gasteiger charge is -2.27. The van der Waals surface area contributed by atoms with E-state index >= 15 is 0 Å². The van der Waals surface area contributed by atoms with Gasteiger partial charge >= 0.3 is 12.1 Å². The second-order valence-corrected chi connectivity index (χ2v) is 4.28. The number of hydrogen-bond acceptors (Lipinski definition) is 5. The van der Waals surface area contributed by atoms with Crippen LogP contribution in [0.5, 0.6) is 0 Å². The Morgan fingerprint density at radius 2 is 1.36 bits per heavy atom. The van der Waals surface area contributed by atoms with Gasteiger partial charge in [0.2, 0.25) is 0 Å². The highest BCUT2D eigenvalue weighted by Crippen LogP contribution is 2.30. The maximum Gasteiger partial charge on any atom is 0.462 e. The smallest absolute Gasteiger partial charge is 0.381 e. The lowest BCUT2D eigenvalue weighted by molar-refractivity contribution is -0.461. The summed E-state index contributed by atoms with van der Waals surface area (Å²) in [6.45, 7) is 0. The van der Waals surface area contributed by atoms with Gasteiger partial charge in [0, 0.05) is 21.3 Å². The first-order chi connectivity index (χ1) is 6.31. The van der Waals surface area contributed by atoms with Gasteiger partial charge in [0.05, 0.1) is 0 Å². The van der Waals surface area contributed by atoms with E-state index in [0.717, 1.165) is 0 Å². The van der Waals surface area contributed by atoms with Gasteiger partial charge in [-0.2, -0.15) is 0 Å². The van der Waals surface area contributed by atoms with Crippen LogP contribution in [0.15, 0.2) is 0 Å². The molecular formula is C6H9Cl3O5. The highest BCUT2D eigenvalue weighted by atomic mass is 35.6. The van der Waals surface area contributed by atoms with Gasteiger partial charge in [-0.15, -0.1) is 0 Å². The van der Waals surface area contributed by atoms with Crippen LogP contribution < -0.4 is 0 Å². The van der Waals surface area contributed by atoms with E-state index < -0.39 is 15.9 Å². The quantitative estimate of drug-likeness (QED) is 0.438. The Bertz CT molecular complexity index is 190. The van der Waals surface area contributed by atoms with E-state index in [1.54, 1.807) is 0 Å². The Labute approximate surface area is 96.1 Å². The molecule has 0 aromatic heterocycles. The molecule has 0 spiro atoms. The average molecular weight is 267 g/mol. The van der Waals surface area contributed by atoms with Crippen molar-refractivity contribution in [1.29, 1.82) is 0 Å². The largest absolute Gasteiger partial charge is 0.462 e. The normalized spacial score (nSPS) is 12.7. The summed E-state index contributed by atoms with van der Waals surface area (Å²) in [6.07, 6.45) is -2.00. The van der Waals surface area contributed by atoms with Gasteiger partial charge in [0.1, 0.15) is 0 Å². The molecule has 0 aliphatic heterocycles. The van der Waals surface area contributed by atoms with Gasteiger partial charge in [-0.05, 0) is 0 Å². The molecule has 0 saturated carbocycles. The van der Waals surface area contributed by atoms with Crippen molar-refractivity contribution in [2.45, 2.75) is 9.95 Å². The predicted octanol–water partition coefficient (Wildman–Crippen LogP) is 1.45. The van der Waals surface area contributed by atoms with Gasteiger partial charge in [-0.25, -0.2) is 4.79 Å². The molecule has 0 aromatic carbocycles. The van der Waals surface area contributed by atoms with Crippen LogP contribution in [-0.2, 0) is 23.7 Å². The van der Waals surface area contributed by atoms with Crippen LogP contribution in [0.3, 0.4) is 0 Å². The third-order valence-corrected chi connectivity index (χ3v) is 1.66. The SMILES string of the molecule is COC(OC)(OC)OC(=O)C(Cl)(Cl)Cl. The molecule has 5 nitrogen and oxygen atoms in total. The van der Waals surface area contributed by atoms with Crippen LogP contribution in [0.25, 0.3) is 0 Å². The summed E-state index contributed by atoms with van der Waals surface area (Å²) < 4.78 is 16.2. The highest BCUT2D eigenvalue weighted by molar-refractivity contribution is 6.75. The molecular weight excluding hydrogens is 258 g/mol. The van der Waals surface area contributed by atoms with Crippen LogP contribution in [0, 0.1) is 0 Å². The molecule has 8 heteroatoms. The van der Waals surface area contributed by atoms with E-state index in [4.69, 9.17) is 34.8 Å². The highest BCUT2D eigenvalue weighted by Gasteiger charge is 2.43. The molecule has 0 aromatic rings. The Hall–Kier alpha value is 0.220. The van der Waals surface area contributed by atoms with Crippen molar-refractivity contribution in [3.05, 3.63) is 0 Å². The van der Waals surface area contributed by atoms with Crippen molar-refractivity contribution >= 4 is 40.8 Å². The molecule has 0 bridgehead atoms. The molecule has 0 rings (SSSR count). The zero-order chi connectivity index (χ0) is 11.4. The lowest BCUT2D eigenvalue weighted by atomic mass is 10.8.